The van der Waals surface area contributed by atoms with Crippen LogP contribution in [0, 0.1) is 5.92 Å². The number of nitrogens with one attached hydrogen (secondary N) is 1. The van der Waals surface area contributed by atoms with E-state index in [-0.39, 0.29) is 23.2 Å². The van der Waals surface area contributed by atoms with Crippen molar-refractivity contribution < 1.29 is 14.3 Å². The van der Waals surface area contributed by atoms with Crippen LogP contribution in [0.3, 0.4) is 0 Å². The summed E-state index contributed by atoms with van der Waals surface area (Å²) in [5.41, 5.74) is 6.20. The van der Waals surface area contributed by atoms with Crippen LogP contribution in [-0.4, -0.2) is 24.0 Å². The van der Waals surface area contributed by atoms with Crippen molar-refractivity contribution in [3.63, 3.8) is 0 Å². The van der Waals surface area contributed by atoms with Crippen molar-refractivity contribution in [2.75, 3.05) is 5.73 Å². The Morgan fingerprint density at radius 1 is 1.35 bits per heavy atom. The minimum absolute atomic E-state index is 0.151. The second-order valence-corrected chi connectivity index (χ2v) is 6.59. The lowest BCUT2D eigenvalue weighted by molar-refractivity contribution is -0.130. The molecule has 0 unspecified atom stereocenters. The molecule has 1 amide bonds. The number of rotatable bonds is 4. The summed E-state index contributed by atoms with van der Waals surface area (Å²) in [7, 11) is 0. The molecule has 1 aromatic rings. The van der Waals surface area contributed by atoms with Crippen LogP contribution in [0.15, 0.2) is 18.2 Å². The fourth-order valence-corrected chi connectivity index (χ4v) is 3.01. The van der Waals surface area contributed by atoms with Gasteiger partial charge in [0.05, 0.1) is 5.56 Å². The number of halogens is 1. The van der Waals surface area contributed by atoms with Gasteiger partial charge in [-0.25, -0.2) is 4.79 Å². The first-order chi connectivity index (χ1) is 10.9. The van der Waals surface area contributed by atoms with E-state index in [1.165, 1.54) is 18.6 Å². The van der Waals surface area contributed by atoms with E-state index in [0.717, 1.165) is 19.3 Å². The largest absolute Gasteiger partial charge is 0.449 e. The quantitative estimate of drug-likeness (QED) is 0.652. The third kappa shape index (κ3) is 4.61. The van der Waals surface area contributed by atoms with Gasteiger partial charge in [0.2, 0.25) is 0 Å². The molecule has 0 aromatic heterocycles. The standard InChI is InChI=1S/C17H23ClN2O3/c1-10-5-3-4-6-15(10)20-16(21)11(2)23-17(22)13-8-7-12(18)9-14(13)19/h7-11,15H,3-6,19H2,1-2H3,(H,20,21)/t10-,11+,15+/m0/s1. The van der Waals surface area contributed by atoms with Gasteiger partial charge in [0.25, 0.3) is 5.91 Å². The second-order valence-electron chi connectivity index (χ2n) is 6.16. The molecule has 2 rings (SSSR count). The highest BCUT2D eigenvalue weighted by Crippen LogP contribution is 2.24. The number of ether oxygens (including phenoxy) is 1. The summed E-state index contributed by atoms with van der Waals surface area (Å²) in [5.74, 6) is -0.453. The number of nitrogens with two attached hydrogens (primary N) is 1. The first-order valence-corrected chi connectivity index (χ1v) is 8.32. The molecule has 23 heavy (non-hydrogen) atoms. The summed E-state index contributed by atoms with van der Waals surface area (Å²) >= 11 is 5.80. The van der Waals surface area contributed by atoms with E-state index in [0.29, 0.717) is 10.9 Å². The number of esters is 1. The smallest absolute Gasteiger partial charge is 0.341 e. The molecule has 1 fully saturated rings. The predicted octanol–water partition coefficient (Wildman–Crippen LogP) is 3.16. The van der Waals surface area contributed by atoms with Crippen molar-refractivity contribution in [3.05, 3.63) is 28.8 Å². The van der Waals surface area contributed by atoms with Crippen molar-refractivity contribution in [3.8, 4) is 0 Å². The first kappa shape index (κ1) is 17.6. The van der Waals surface area contributed by atoms with E-state index < -0.39 is 12.1 Å². The molecule has 1 saturated carbocycles. The maximum Gasteiger partial charge on any atom is 0.341 e. The molecule has 5 nitrogen and oxygen atoms in total. The van der Waals surface area contributed by atoms with E-state index in [2.05, 4.69) is 12.2 Å². The van der Waals surface area contributed by atoms with Gasteiger partial charge in [-0.2, -0.15) is 0 Å². The fourth-order valence-electron chi connectivity index (χ4n) is 2.83. The van der Waals surface area contributed by atoms with Crippen molar-refractivity contribution in [1.29, 1.82) is 0 Å². The highest BCUT2D eigenvalue weighted by molar-refractivity contribution is 6.31. The number of anilines is 1. The molecule has 1 aliphatic rings. The summed E-state index contributed by atoms with van der Waals surface area (Å²) < 4.78 is 5.22. The summed E-state index contributed by atoms with van der Waals surface area (Å²) in [6, 6.07) is 4.68. The van der Waals surface area contributed by atoms with Gasteiger partial charge >= 0.3 is 5.97 Å². The second kappa shape index (κ2) is 7.68. The average Bonchev–Trinajstić information content (AvgIpc) is 2.49. The molecular weight excluding hydrogens is 316 g/mol. The third-order valence-electron chi connectivity index (χ3n) is 4.33. The zero-order chi connectivity index (χ0) is 17.0. The summed E-state index contributed by atoms with van der Waals surface area (Å²) in [6.45, 7) is 3.70. The van der Waals surface area contributed by atoms with Crippen molar-refractivity contribution in [1.82, 2.24) is 5.32 Å². The van der Waals surface area contributed by atoms with Crippen molar-refractivity contribution >= 4 is 29.2 Å². The minimum atomic E-state index is -0.869. The maximum atomic E-state index is 12.2. The van der Waals surface area contributed by atoms with E-state index in [1.54, 1.807) is 13.0 Å². The Kier molecular flexibility index (Phi) is 5.88. The first-order valence-electron chi connectivity index (χ1n) is 7.95. The lowest BCUT2D eigenvalue weighted by atomic mass is 9.86. The molecule has 0 bridgehead atoms. The van der Waals surface area contributed by atoms with E-state index >= 15 is 0 Å². The zero-order valence-electron chi connectivity index (χ0n) is 13.5. The molecule has 0 saturated heterocycles. The van der Waals surface area contributed by atoms with E-state index in [9.17, 15) is 9.59 Å². The van der Waals surface area contributed by atoms with Crippen LogP contribution in [0.1, 0.15) is 49.9 Å². The molecule has 1 aromatic carbocycles. The molecule has 6 heteroatoms. The molecule has 0 radical (unpaired) electrons. The van der Waals surface area contributed by atoms with Crippen LogP contribution in [-0.2, 0) is 9.53 Å². The molecule has 0 heterocycles. The van der Waals surface area contributed by atoms with Gasteiger partial charge in [-0.1, -0.05) is 31.4 Å². The Balaban J connectivity index is 1.93. The third-order valence-corrected chi connectivity index (χ3v) is 4.56. The van der Waals surface area contributed by atoms with Gasteiger partial charge in [-0.05, 0) is 43.9 Å². The topological polar surface area (TPSA) is 81.4 Å². The number of hydrogen-bond acceptors (Lipinski definition) is 4. The number of benzene rings is 1. The van der Waals surface area contributed by atoms with Gasteiger partial charge < -0.3 is 15.8 Å². The SMILES string of the molecule is C[C@@H](OC(=O)c1ccc(Cl)cc1N)C(=O)N[C@@H]1CCCC[C@@H]1C. The molecule has 0 aliphatic heterocycles. The van der Waals surface area contributed by atoms with Crippen molar-refractivity contribution in [2.45, 2.75) is 51.7 Å². The molecule has 1 aliphatic carbocycles. The number of carbonyl (C=O) groups excluding carboxylic acids is 2. The molecule has 126 valence electrons. The van der Waals surface area contributed by atoms with Gasteiger partial charge in [0.1, 0.15) is 0 Å². The van der Waals surface area contributed by atoms with Crippen LogP contribution in [0.2, 0.25) is 5.02 Å². The van der Waals surface area contributed by atoms with Crippen LogP contribution in [0.25, 0.3) is 0 Å². The number of amides is 1. The highest BCUT2D eigenvalue weighted by Gasteiger charge is 2.26. The van der Waals surface area contributed by atoms with Crippen LogP contribution < -0.4 is 11.1 Å². The number of nitrogen functional groups attached to an aromatic ring is 1. The number of hydrogen-bond donors (Lipinski definition) is 2. The molecule has 3 atom stereocenters. The minimum Gasteiger partial charge on any atom is -0.449 e. The van der Waals surface area contributed by atoms with Crippen LogP contribution in [0.4, 0.5) is 5.69 Å². The Labute approximate surface area is 141 Å². The van der Waals surface area contributed by atoms with Gasteiger partial charge in [-0.15, -0.1) is 0 Å². The van der Waals surface area contributed by atoms with Gasteiger partial charge in [0.15, 0.2) is 6.10 Å². The molecule has 0 spiro atoms. The van der Waals surface area contributed by atoms with Gasteiger partial charge in [0, 0.05) is 16.8 Å². The lowest BCUT2D eigenvalue weighted by Gasteiger charge is -2.30. The summed E-state index contributed by atoms with van der Waals surface area (Å²) in [5, 5.41) is 3.42. The van der Waals surface area contributed by atoms with E-state index in [1.807, 2.05) is 0 Å². The number of carbonyl (C=O) groups is 2. The lowest BCUT2D eigenvalue weighted by Crippen LogP contribution is -2.46. The normalized spacial score (nSPS) is 22.2. The predicted molar refractivity (Wildman–Crippen MR) is 90.3 cm³/mol. The zero-order valence-corrected chi connectivity index (χ0v) is 14.2. The Morgan fingerprint density at radius 2 is 2.04 bits per heavy atom. The van der Waals surface area contributed by atoms with E-state index in [4.69, 9.17) is 22.1 Å². The van der Waals surface area contributed by atoms with Crippen LogP contribution >= 0.6 is 11.6 Å². The monoisotopic (exact) mass is 338 g/mol. The molecule has 3 N–H and O–H groups in total. The summed E-state index contributed by atoms with van der Waals surface area (Å²) in [4.78, 5) is 24.3. The fraction of sp³-hybridized carbons (Fsp3) is 0.529. The van der Waals surface area contributed by atoms with Crippen molar-refractivity contribution in [2.24, 2.45) is 5.92 Å². The average molecular weight is 339 g/mol. The summed E-state index contributed by atoms with van der Waals surface area (Å²) in [6.07, 6.45) is 3.53. The Morgan fingerprint density at radius 3 is 2.70 bits per heavy atom. The molecular formula is C17H23ClN2O3. The Bertz CT molecular complexity index is 591. The maximum absolute atomic E-state index is 12.2. The highest BCUT2D eigenvalue weighted by atomic mass is 35.5. The Hall–Kier alpha value is -1.75. The van der Waals surface area contributed by atoms with Gasteiger partial charge in [-0.3, -0.25) is 4.79 Å². The van der Waals surface area contributed by atoms with Crippen LogP contribution in [0.5, 0.6) is 0 Å².